The number of carbonyl (C=O) groups is 2. The highest BCUT2D eigenvalue weighted by atomic mass is 35.5. The minimum absolute atomic E-state index is 0.129. The van der Waals surface area contributed by atoms with Crippen LogP contribution in [0.3, 0.4) is 0 Å². The molecule has 10 heteroatoms. The third-order valence-electron chi connectivity index (χ3n) is 4.36. The molecule has 3 aromatic rings. The number of benzene rings is 1. The van der Waals surface area contributed by atoms with Gasteiger partial charge in [0, 0.05) is 23.8 Å². The number of nitrogens with one attached hydrogen (secondary N) is 2. The van der Waals surface area contributed by atoms with E-state index >= 15 is 0 Å². The second kappa shape index (κ2) is 10.3. The van der Waals surface area contributed by atoms with Gasteiger partial charge in [0.1, 0.15) is 5.69 Å². The van der Waals surface area contributed by atoms with Crippen LogP contribution in [-0.4, -0.2) is 40.2 Å². The molecule has 2 N–H and O–H groups in total. The first-order valence-electron chi connectivity index (χ1n) is 9.58. The smallest absolute Gasteiger partial charge is 0.274 e. The molecule has 8 nitrogen and oxygen atoms in total. The van der Waals surface area contributed by atoms with Gasteiger partial charge in [-0.2, -0.15) is 0 Å². The molecule has 0 spiro atoms. The normalized spacial score (nSPS) is 10.6. The number of hydrogen-bond acceptors (Lipinski definition) is 5. The maximum Gasteiger partial charge on any atom is 0.274 e. The number of amides is 2. The summed E-state index contributed by atoms with van der Waals surface area (Å²) in [4.78, 5) is 29.9. The minimum atomic E-state index is -0.526. The Morgan fingerprint density at radius 3 is 2.68 bits per heavy atom. The zero-order chi connectivity index (χ0) is 22.4. The zero-order valence-electron chi connectivity index (χ0n) is 17.0. The molecular weight excluding hydrogens is 441 g/mol. The van der Waals surface area contributed by atoms with Gasteiger partial charge in [-0.3, -0.25) is 9.59 Å². The molecule has 0 aliphatic carbocycles. The van der Waals surface area contributed by atoms with Crippen molar-refractivity contribution in [3.05, 3.63) is 63.9 Å². The summed E-state index contributed by atoms with van der Waals surface area (Å²) in [6, 6.07) is 9.43. The Morgan fingerprint density at radius 1 is 1.16 bits per heavy atom. The Balaban J connectivity index is 1.93. The number of aromatic nitrogens is 3. The van der Waals surface area contributed by atoms with Crippen LogP contribution in [0.2, 0.25) is 10.0 Å². The Labute approximate surface area is 189 Å². The highest BCUT2D eigenvalue weighted by Crippen LogP contribution is 2.25. The Bertz CT molecular complexity index is 1100. The van der Waals surface area contributed by atoms with E-state index in [4.69, 9.17) is 27.9 Å². The van der Waals surface area contributed by atoms with E-state index in [0.29, 0.717) is 22.3 Å². The molecule has 2 heterocycles. The molecule has 2 aromatic heterocycles. The first kappa shape index (κ1) is 22.6. The number of unbranched alkanes of at least 4 members (excludes halogenated alkanes) is 1. The summed E-state index contributed by atoms with van der Waals surface area (Å²) in [5.41, 5.74) is 0.692. The molecule has 2 amide bonds. The number of carbonyl (C=O) groups excluding carboxylic acids is 2. The van der Waals surface area contributed by atoms with Gasteiger partial charge in [-0.1, -0.05) is 36.5 Å². The lowest BCUT2D eigenvalue weighted by molar-refractivity contribution is 0.0954. The number of nitrogens with zero attached hydrogens (tertiary/aromatic N) is 3. The quantitative estimate of drug-likeness (QED) is 0.485. The topological polar surface area (TPSA) is 98.1 Å². The van der Waals surface area contributed by atoms with E-state index in [1.54, 1.807) is 24.3 Å². The number of anilines is 1. The molecule has 31 heavy (non-hydrogen) atoms. The van der Waals surface area contributed by atoms with Crippen LogP contribution in [0.4, 0.5) is 5.69 Å². The van der Waals surface area contributed by atoms with Crippen LogP contribution >= 0.6 is 23.2 Å². The summed E-state index contributed by atoms with van der Waals surface area (Å²) < 4.78 is 6.45. The largest absolute Gasteiger partial charge is 0.480 e. The maximum absolute atomic E-state index is 13.1. The summed E-state index contributed by atoms with van der Waals surface area (Å²) in [5.74, 6) is -0.376. The van der Waals surface area contributed by atoms with Gasteiger partial charge in [0.05, 0.1) is 23.4 Å². The Hall–Kier alpha value is -3.10. The van der Waals surface area contributed by atoms with Gasteiger partial charge >= 0.3 is 0 Å². The molecule has 1 aromatic carbocycles. The van der Waals surface area contributed by atoms with E-state index in [1.165, 1.54) is 30.1 Å². The molecule has 0 bridgehead atoms. The van der Waals surface area contributed by atoms with Gasteiger partial charge in [-0.05, 0) is 36.8 Å². The zero-order valence-corrected chi connectivity index (χ0v) is 18.5. The van der Waals surface area contributed by atoms with E-state index in [-0.39, 0.29) is 28.9 Å². The van der Waals surface area contributed by atoms with Crippen LogP contribution in [0, 0.1) is 0 Å². The van der Waals surface area contributed by atoms with Crippen molar-refractivity contribution in [2.45, 2.75) is 19.8 Å². The fourth-order valence-corrected chi connectivity index (χ4v) is 3.16. The highest BCUT2D eigenvalue weighted by Gasteiger charge is 2.22. The standard InChI is InChI=1S/C21H21Cl2N5O3/c1-3-4-9-25-20(29)14-11-13(22)7-8-16(14)26-21(30)17-12-18(31-2)27-28(17)19-15(23)6-5-10-24-19/h5-8,10-12H,3-4,9H2,1-2H3,(H,25,29)(H,26,30). The first-order chi connectivity index (χ1) is 14.9. The third-order valence-corrected chi connectivity index (χ3v) is 4.89. The van der Waals surface area contributed by atoms with Crippen LogP contribution in [0.15, 0.2) is 42.6 Å². The van der Waals surface area contributed by atoms with Crippen molar-refractivity contribution in [3.63, 3.8) is 0 Å². The second-order valence-electron chi connectivity index (χ2n) is 6.55. The molecule has 162 valence electrons. The first-order valence-corrected chi connectivity index (χ1v) is 10.3. The van der Waals surface area contributed by atoms with Gasteiger partial charge < -0.3 is 15.4 Å². The molecule has 0 radical (unpaired) electrons. The van der Waals surface area contributed by atoms with E-state index in [1.807, 2.05) is 6.92 Å². The molecule has 0 aliphatic heterocycles. The molecule has 0 saturated carbocycles. The Kier molecular flexibility index (Phi) is 7.49. The van der Waals surface area contributed by atoms with E-state index in [2.05, 4.69) is 20.7 Å². The van der Waals surface area contributed by atoms with Crippen LogP contribution < -0.4 is 15.4 Å². The van der Waals surface area contributed by atoms with Gasteiger partial charge in [0.25, 0.3) is 11.8 Å². The number of methoxy groups -OCH3 is 1. The number of ether oxygens (including phenoxy) is 1. The Morgan fingerprint density at radius 2 is 1.97 bits per heavy atom. The third kappa shape index (κ3) is 5.34. The fourth-order valence-electron chi connectivity index (χ4n) is 2.79. The van der Waals surface area contributed by atoms with Gasteiger partial charge in [0.15, 0.2) is 5.82 Å². The fraction of sp³-hybridized carbons (Fsp3) is 0.238. The predicted molar refractivity (Wildman–Crippen MR) is 120 cm³/mol. The van der Waals surface area contributed by atoms with Crippen molar-refractivity contribution in [1.29, 1.82) is 0 Å². The van der Waals surface area contributed by atoms with Crippen molar-refractivity contribution >= 4 is 40.7 Å². The lowest BCUT2D eigenvalue weighted by Gasteiger charge is -2.13. The number of pyridine rings is 1. The van der Waals surface area contributed by atoms with Crippen molar-refractivity contribution < 1.29 is 14.3 Å². The van der Waals surface area contributed by atoms with Crippen molar-refractivity contribution in [1.82, 2.24) is 20.1 Å². The molecule has 0 saturated heterocycles. The van der Waals surface area contributed by atoms with Gasteiger partial charge in [-0.25, -0.2) is 9.67 Å². The summed E-state index contributed by atoms with van der Waals surface area (Å²) in [5, 5.41) is 10.5. The van der Waals surface area contributed by atoms with E-state index in [0.717, 1.165) is 12.8 Å². The second-order valence-corrected chi connectivity index (χ2v) is 7.39. The molecule has 0 aliphatic rings. The number of rotatable bonds is 8. The lowest BCUT2D eigenvalue weighted by atomic mass is 10.1. The van der Waals surface area contributed by atoms with E-state index in [9.17, 15) is 9.59 Å². The van der Waals surface area contributed by atoms with Gasteiger partial charge in [0.2, 0.25) is 5.88 Å². The summed E-state index contributed by atoms with van der Waals surface area (Å²) in [6.45, 7) is 2.56. The lowest BCUT2D eigenvalue weighted by Crippen LogP contribution is -2.26. The predicted octanol–water partition coefficient (Wildman–Crippen LogP) is 4.36. The average molecular weight is 462 g/mol. The van der Waals surface area contributed by atoms with Crippen LogP contribution in [0.25, 0.3) is 5.82 Å². The number of halogens is 2. The average Bonchev–Trinajstić information content (AvgIpc) is 3.20. The molecular formula is C21H21Cl2N5O3. The van der Waals surface area contributed by atoms with Crippen LogP contribution in [-0.2, 0) is 0 Å². The molecule has 0 unspecified atom stereocenters. The SMILES string of the molecule is CCCCNC(=O)c1cc(Cl)ccc1NC(=O)c1cc(OC)nn1-c1ncccc1Cl. The molecule has 0 fully saturated rings. The molecule has 3 rings (SSSR count). The van der Waals surface area contributed by atoms with E-state index < -0.39 is 5.91 Å². The summed E-state index contributed by atoms with van der Waals surface area (Å²) in [6.07, 6.45) is 3.33. The monoisotopic (exact) mass is 461 g/mol. The molecule has 0 atom stereocenters. The van der Waals surface area contributed by atoms with Crippen molar-refractivity contribution in [3.8, 4) is 11.7 Å². The summed E-state index contributed by atoms with van der Waals surface area (Å²) >= 11 is 12.3. The minimum Gasteiger partial charge on any atom is -0.480 e. The number of hydrogen-bond donors (Lipinski definition) is 2. The summed E-state index contributed by atoms with van der Waals surface area (Å²) in [7, 11) is 1.44. The van der Waals surface area contributed by atoms with Crippen molar-refractivity contribution in [2.24, 2.45) is 0 Å². The highest BCUT2D eigenvalue weighted by molar-refractivity contribution is 6.32. The van der Waals surface area contributed by atoms with Crippen LogP contribution in [0.1, 0.15) is 40.6 Å². The van der Waals surface area contributed by atoms with Gasteiger partial charge in [-0.15, -0.1) is 5.10 Å². The van der Waals surface area contributed by atoms with Crippen LogP contribution in [0.5, 0.6) is 5.88 Å². The van der Waals surface area contributed by atoms with Crippen molar-refractivity contribution in [2.75, 3.05) is 19.0 Å². The maximum atomic E-state index is 13.1.